The third kappa shape index (κ3) is 4.72. The first-order valence-electron chi connectivity index (χ1n) is 10.5. The second-order valence-corrected chi connectivity index (χ2v) is 8.12. The number of piperidine rings is 1. The van der Waals surface area contributed by atoms with Crippen LogP contribution >= 0.6 is 0 Å². The summed E-state index contributed by atoms with van der Waals surface area (Å²) in [5.41, 5.74) is -1.59. The topological polar surface area (TPSA) is 108 Å². The fourth-order valence-electron chi connectivity index (χ4n) is 4.18. The first-order valence-corrected chi connectivity index (χ1v) is 10.5. The van der Waals surface area contributed by atoms with E-state index < -0.39 is 47.2 Å². The molecule has 9 nitrogen and oxygen atoms in total. The number of hydrogen-bond donors (Lipinski definition) is 0. The molecule has 1 unspecified atom stereocenters. The first kappa shape index (κ1) is 23.6. The largest absolute Gasteiger partial charge is 0.424 e. The van der Waals surface area contributed by atoms with E-state index in [1.165, 1.54) is 29.0 Å². The van der Waals surface area contributed by atoms with Gasteiger partial charge in [-0.15, -0.1) is 0 Å². The van der Waals surface area contributed by atoms with E-state index in [0.29, 0.717) is 25.9 Å². The van der Waals surface area contributed by atoms with Gasteiger partial charge in [0.05, 0.1) is 17.9 Å². The number of carbonyl (C=O) groups excluding carboxylic acids is 3. The maximum atomic E-state index is 13.2. The van der Waals surface area contributed by atoms with Crippen molar-refractivity contribution in [1.82, 2.24) is 14.5 Å². The maximum Gasteiger partial charge on any atom is 0.424 e. The number of nitrogens with zero attached hydrogens (tertiary/aromatic N) is 3. The number of ether oxygens (including phenoxy) is 2. The number of aromatic nitrogens is 2. The number of alkyl halides is 3. The Kier molecular flexibility index (Phi) is 6.26. The molecule has 3 heterocycles. The molecule has 1 fully saturated rings. The summed E-state index contributed by atoms with van der Waals surface area (Å²) in [6.45, 7) is 2.51. The van der Waals surface area contributed by atoms with E-state index >= 15 is 0 Å². The predicted octanol–water partition coefficient (Wildman–Crippen LogP) is 2.13. The monoisotopic (exact) mass is 479 g/mol. The lowest BCUT2D eigenvalue weighted by Crippen LogP contribution is -2.42. The molecule has 1 atom stereocenters. The molecule has 34 heavy (non-hydrogen) atoms. The van der Waals surface area contributed by atoms with Gasteiger partial charge in [-0.25, -0.2) is 9.59 Å². The molecule has 2 bridgehead atoms. The zero-order chi connectivity index (χ0) is 24.6. The van der Waals surface area contributed by atoms with Gasteiger partial charge in [-0.1, -0.05) is 18.2 Å². The summed E-state index contributed by atoms with van der Waals surface area (Å²) >= 11 is 0. The minimum atomic E-state index is -4.53. The van der Waals surface area contributed by atoms with E-state index in [1.54, 1.807) is 6.92 Å². The predicted molar refractivity (Wildman–Crippen MR) is 109 cm³/mol. The van der Waals surface area contributed by atoms with Crippen molar-refractivity contribution < 1.29 is 37.0 Å². The number of benzene rings is 1. The van der Waals surface area contributed by atoms with Crippen molar-refractivity contribution in [3.63, 3.8) is 0 Å². The number of ketones is 1. The zero-order valence-electron chi connectivity index (χ0n) is 18.0. The van der Waals surface area contributed by atoms with Crippen molar-refractivity contribution >= 4 is 17.7 Å². The van der Waals surface area contributed by atoms with Crippen molar-refractivity contribution in [2.24, 2.45) is 5.92 Å². The number of halogens is 3. The van der Waals surface area contributed by atoms with Crippen LogP contribution in [0.5, 0.6) is 11.8 Å². The van der Waals surface area contributed by atoms with Crippen LogP contribution in [0.1, 0.15) is 37.1 Å². The van der Waals surface area contributed by atoms with E-state index in [1.807, 2.05) is 4.90 Å². The fraction of sp³-hybridized carbons (Fsp3) is 0.409. The lowest BCUT2D eigenvalue weighted by molar-refractivity contribution is -0.155. The van der Waals surface area contributed by atoms with E-state index in [9.17, 15) is 32.3 Å². The minimum Gasteiger partial charge on any atom is -0.397 e. The Morgan fingerprint density at radius 1 is 1.12 bits per heavy atom. The zero-order valence-corrected chi connectivity index (χ0v) is 18.0. The number of likely N-dealkylation sites (tertiary alicyclic amines) is 1. The molecule has 2 aliphatic rings. The Morgan fingerprint density at radius 2 is 1.76 bits per heavy atom. The molecular formula is C22H20F3N3O6. The summed E-state index contributed by atoms with van der Waals surface area (Å²) in [4.78, 5) is 54.0. The van der Waals surface area contributed by atoms with Gasteiger partial charge in [0.2, 0.25) is 5.88 Å². The second-order valence-electron chi connectivity index (χ2n) is 8.12. The Hall–Kier alpha value is -3.54. The molecule has 0 saturated carbocycles. The molecule has 0 aliphatic carbocycles. The molecule has 1 aromatic carbocycles. The molecule has 2 aliphatic heterocycles. The third-order valence-corrected chi connectivity index (χ3v) is 6.04. The van der Waals surface area contributed by atoms with E-state index in [-0.39, 0.29) is 23.6 Å². The number of Topliss-reactive ketones (excluding diaryl/α,β-unsaturated/α-hetero) is 1. The average Bonchev–Trinajstić information content (AvgIpc) is 2.91. The summed E-state index contributed by atoms with van der Waals surface area (Å²) in [6, 6.07) is 5.04. The molecule has 180 valence electrons. The molecule has 0 amide bonds. The van der Waals surface area contributed by atoms with Gasteiger partial charge >= 0.3 is 23.7 Å². The van der Waals surface area contributed by atoms with Crippen LogP contribution < -0.4 is 15.0 Å². The number of carbonyl (C=O) groups is 3. The lowest BCUT2D eigenvalue weighted by Gasteiger charge is -2.36. The van der Waals surface area contributed by atoms with E-state index in [2.05, 4.69) is 9.72 Å². The standard InChI is InChI=1S/C22H20F3N3O6/c1-12(28-11-17-26-18(19(28)30)34-21(32)20(31)33-17)27-8-6-13(7-9-27)16(29)10-14-4-2-3-5-15(14)22(23,24)25/h2-5,11-13H,6-10H2,1H3. The number of rotatable bonds is 5. The summed E-state index contributed by atoms with van der Waals surface area (Å²) in [5, 5.41) is 0. The highest BCUT2D eigenvalue weighted by Crippen LogP contribution is 2.33. The van der Waals surface area contributed by atoms with Crippen molar-refractivity contribution in [1.29, 1.82) is 0 Å². The highest BCUT2D eigenvalue weighted by atomic mass is 19.4. The van der Waals surface area contributed by atoms with Gasteiger partial charge in [-0.05, 0) is 31.4 Å². The third-order valence-electron chi connectivity index (χ3n) is 6.04. The normalized spacial score (nSPS) is 18.1. The summed E-state index contributed by atoms with van der Waals surface area (Å²) in [6.07, 6.45) is -3.38. The Labute approximate surface area is 191 Å². The average molecular weight is 479 g/mol. The Morgan fingerprint density at radius 3 is 2.44 bits per heavy atom. The highest BCUT2D eigenvalue weighted by molar-refractivity contribution is 6.31. The van der Waals surface area contributed by atoms with E-state index in [4.69, 9.17) is 4.74 Å². The molecule has 4 rings (SSSR count). The van der Waals surface area contributed by atoms with Crippen molar-refractivity contribution in [2.45, 2.75) is 38.5 Å². The molecule has 1 saturated heterocycles. The molecule has 0 radical (unpaired) electrons. The lowest BCUT2D eigenvalue weighted by atomic mass is 9.88. The molecule has 0 spiro atoms. The molecule has 1 aromatic heterocycles. The van der Waals surface area contributed by atoms with Crippen LogP contribution in [-0.2, 0) is 27.0 Å². The van der Waals surface area contributed by atoms with Gasteiger partial charge in [-0.3, -0.25) is 19.1 Å². The SMILES string of the molecule is CC(N1CCC(C(=O)Cc2ccccc2C(F)(F)F)CC1)n1cc2nc(c1=O)OC(=O)C(=O)O2. The second kappa shape index (κ2) is 9.01. The van der Waals surface area contributed by atoms with Crippen LogP contribution in [0, 0.1) is 5.92 Å². The van der Waals surface area contributed by atoms with E-state index in [0.717, 1.165) is 6.07 Å². The van der Waals surface area contributed by atoms with Crippen LogP contribution in [0.25, 0.3) is 0 Å². The number of fused-ring (bicyclic) bond motifs is 2. The highest BCUT2D eigenvalue weighted by Gasteiger charge is 2.35. The van der Waals surface area contributed by atoms with Gasteiger partial charge in [0.1, 0.15) is 5.78 Å². The molecule has 12 heteroatoms. The summed E-state index contributed by atoms with van der Waals surface area (Å²) in [5.74, 6) is -4.15. The van der Waals surface area contributed by atoms with Gasteiger partial charge < -0.3 is 9.47 Å². The van der Waals surface area contributed by atoms with Crippen molar-refractivity contribution in [2.75, 3.05) is 13.1 Å². The van der Waals surface area contributed by atoms with Crippen LogP contribution in [0.15, 0.2) is 35.3 Å². The van der Waals surface area contributed by atoms with Gasteiger partial charge in [0, 0.05) is 25.4 Å². The van der Waals surface area contributed by atoms with Gasteiger partial charge in [0.15, 0.2) is 0 Å². The maximum absolute atomic E-state index is 13.2. The minimum absolute atomic E-state index is 0.0474. The molecule has 2 aromatic rings. The number of esters is 2. The van der Waals surface area contributed by atoms with Crippen molar-refractivity contribution in [3.05, 3.63) is 51.9 Å². The van der Waals surface area contributed by atoms with Gasteiger partial charge in [-0.2, -0.15) is 18.2 Å². The summed E-state index contributed by atoms with van der Waals surface area (Å²) in [7, 11) is 0. The van der Waals surface area contributed by atoms with Crippen LogP contribution in [-0.4, -0.2) is 45.3 Å². The number of hydrogen-bond acceptors (Lipinski definition) is 8. The Balaban J connectivity index is 1.43. The van der Waals surface area contributed by atoms with Crippen molar-refractivity contribution in [3.8, 4) is 11.8 Å². The quantitative estimate of drug-likeness (QED) is 0.474. The van der Waals surface area contributed by atoms with Gasteiger partial charge in [0.25, 0.3) is 5.88 Å². The molecular weight excluding hydrogens is 459 g/mol. The first-order chi connectivity index (χ1) is 16.0. The van der Waals surface area contributed by atoms with Crippen LogP contribution in [0.2, 0.25) is 0 Å². The summed E-state index contributed by atoms with van der Waals surface area (Å²) < 4.78 is 50.3. The molecule has 0 N–H and O–H groups in total. The van der Waals surface area contributed by atoms with Crippen LogP contribution in [0.4, 0.5) is 13.2 Å². The Bertz CT molecular complexity index is 1200. The fourth-order valence-corrected chi connectivity index (χ4v) is 4.18. The smallest absolute Gasteiger partial charge is 0.397 e. The van der Waals surface area contributed by atoms with Crippen LogP contribution in [0.3, 0.4) is 0 Å².